The predicted octanol–water partition coefficient (Wildman–Crippen LogP) is 3.56. The van der Waals surface area contributed by atoms with E-state index in [1.54, 1.807) is 7.11 Å². The molecular weight excluding hydrogens is 334 g/mol. The normalized spacial score (nSPS) is 18.1. The molecule has 3 rings (SSSR count). The summed E-state index contributed by atoms with van der Waals surface area (Å²) in [6, 6.07) is 7.54. The molecule has 1 aliphatic rings. The van der Waals surface area contributed by atoms with E-state index in [4.69, 9.17) is 4.74 Å². The molecule has 0 spiro atoms. The van der Waals surface area contributed by atoms with Gasteiger partial charge in [-0.1, -0.05) is 19.1 Å². The number of benzene rings is 1. The number of methoxy groups -OCH3 is 1. The van der Waals surface area contributed by atoms with Gasteiger partial charge in [0.05, 0.1) is 19.2 Å². The Hall–Kier alpha value is -1.92. The maximum Gasteiger partial charge on any atom is 0.230 e. The smallest absolute Gasteiger partial charge is 0.230 e. The number of carbonyl (C=O) groups excluding carboxylic acids is 1. The number of rotatable bonds is 6. The van der Waals surface area contributed by atoms with Crippen LogP contribution in [0, 0.1) is 5.92 Å². The van der Waals surface area contributed by atoms with Crippen LogP contribution in [0.15, 0.2) is 29.6 Å². The lowest BCUT2D eigenvalue weighted by molar-refractivity contribution is -0.115. The van der Waals surface area contributed by atoms with Crippen molar-refractivity contribution in [2.24, 2.45) is 5.92 Å². The minimum Gasteiger partial charge on any atom is -0.497 e. The molecule has 0 saturated carbocycles. The van der Waals surface area contributed by atoms with E-state index in [1.165, 1.54) is 24.2 Å². The molecule has 5 nitrogen and oxygen atoms in total. The SMILES string of the molecule is COc1ccc(CC(=O)Nc2nc(CN3CCC[C@@H](C)C3)cs2)cc1. The molecule has 6 heteroatoms. The number of hydrogen-bond donors (Lipinski definition) is 1. The number of nitrogens with one attached hydrogen (secondary N) is 1. The van der Waals surface area contributed by atoms with E-state index in [0.29, 0.717) is 11.6 Å². The molecule has 0 bridgehead atoms. The minimum absolute atomic E-state index is 0.0438. The third-order valence-corrected chi connectivity index (χ3v) is 5.26. The van der Waals surface area contributed by atoms with Crippen molar-refractivity contribution in [1.82, 2.24) is 9.88 Å². The Bertz CT molecular complexity index is 699. The first-order valence-corrected chi connectivity index (χ1v) is 9.60. The molecule has 1 fully saturated rings. The summed E-state index contributed by atoms with van der Waals surface area (Å²) in [7, 11) is 1.63. The van der Waals surface area contributed by atoms with Crippen molar-refractivity contribution in [2.75, 3.05) is 25.5 Å². The zero-order valence-corrected chi connectivity index (χ0v) is 15.6. The van der Waals surface area contributed by atoms with Gasteiger partial charge < -0.3 is 10.1 Å². The van der Waals surface area contributed by atoms with Gasteiger partial charge in [-0.25, -0.2) is 4.98 Å². The van der Waals surface area contributed by atoms with E-state index < -0.39 is 0 Å². The predicted molar refractivity (Wildman–Crippen MR) is 101 cm³/mol. The van der Waals surface area contributed by atoms with E-state index in [0.717, 1.165) is 42.6 Å². The van der Waals surface area contributed by atoms with E-state index in [2.05, 4.69) is 22.1 Å². The number of ether oxygens (including phenoxy) is 1. The highest BCUT2D eigenvalue weighted by molar-refractivity contribution is 7.13. The molecule has 0 aliphatic carbocycles. The molecule has 2 heterocycles. The largest absolute Gasteiger partial charge is 0.497 e. The molecule has 1 amide bonds. The molecule has 134 valence electrons. The van der Waals surface area contributed by atoms with Crippen LogP contribution in [-0.4, -0.2) is 36.0 Å². The van der Waals surface area contributed by atoms with Gasteiger partial charge in [-0.05, 0) is 43.0 Å². The Balaban J connectivity index is 1.50. The van der Waals surface area contributed by atoms with Gasteiger partial charge >= 0.3 is 0 Å². The maximum atomic E-state index is 12.2. The van der Waals surface area contributed by atoms with Gasteiger partial charge in [0.15, 0.2) is 5.13 Å². The molecule has 1 saturated heterocycles. The van der Waals surface area contributed by atoms with Gasteiger partial charge in [-0.3, -0.25) is 9.69 Å². The molecule has 1 atom stereocenters. The number of thiazole rings is 1. The van der Waals surface area contributed by atoms with Gasteiger partial charge in [0, 0.05) is 18.5 Å². The summed E-state index contributed by atoms with van der Waals surface area (Å²) in [5.41, 5.74) is 2.00. The Kier molecular flexibility index (Phi) is 6.04. The zero-order valence-electron chi connectivity index (χ0n) is 14.8. The van der Waals surface area contributed by atoms with Gasteiger partial charge in [-0.15, -0.1) is 11.3 Å². The van der Waals surface area contributed by atoms with Crippen LogP contribution in [0.4, 0.5) is 5.13 Å². The van der Waals surface area contributed by atoms with Crippen molar-refractivity contribution in [2.45, 2.75) is 32.7 Å². The fourth-order valence-electron chi connectivity index (χ4n) is 3.19. The molecule has 1 aromatic heterocycles. The van der Waals surface area contributed by atoms with Gasteiger partial charge in [0.1, 0.15) is 5.75 Å². The summed E-state index contributed by atoms with van der Waals surface area (Å²) >= 11 is 1.49. The fraction of sp³-hybridized carbons (Fsp3) is 0.474. The van der Waals surface area contributed by atoms with Gasteiger partial charge in [0.25, 0.3) is 0 Å². The molecule has 2 aromatic rings. The average Bonchev–Trinajstić information content (AvgIpc) is 3.02. The van der Waals surface area contributed by atoms with Gasteiger partial charge in [0.2, 0.25) is 5.91 Å². The molecule has 0 unspecified atom stereocenters. The van der Waals surface area contributed by atoms with Crippen LogP contribution in [0.25, 0.3) is 0 Å². The van der Waals surface area contributed by atoms with Crippen LogP contribution < -0.4 is 10.1 Å². The Morgan fingerprint density at radius 3 is 2.92 bits per heavy atom. The van der Waals surface area contributed by atoms with Crippen LogP contribution in [0.1, 0.15) is 31.0 Å². The molecule has 0 radical (unpaired) electrons. The number of nitrogens with zero attached hydrogens (tertiary/aromatic N) is 2. The Labute approximate surface area is 153 Å². The van der Waals surface area contributed by atoms with Crippen molar-refractivity contribution in [3.05, 3.63) is 40.9 Å². The van der Waals surface area contributed by atoms with E-state index >= 15 is 0 Å². The van der Waals surface area contributed by atoms with Crippen molar-refractivity contribution in [3.63, 3.8) is 0 Å². The minimum atomic E-state index is -0.0438. The van der Waals surface area contributed by atoms with Crippen molar-refractivity contribution in [3.8, 4) is 5.75 Å². The molecule has 1 aliphatic heterocycles. The molecule has 1 N–H and O–H groups in total. The zero-order chi connectivity index (χ0) is 17.6. The van der Waals surface area contributed by atoms with Crippen molar-refractivity contribution >= 4 is 22.4 Å². The standard InChI is InChI=1S/C19H25N3O2S/c1-14-4-3-9-22(11-14)12-16-13-25-19(20-16)21-18(23)10-15-5-7-17(24-2)8-6-15/h5-8,13-14H,3-4,9-12H2,1-2H3,(H,20,21,23)/t14-/m1/s1. The summed E-state index contributed by atoms with van der Waals surface area (Å²) in [6.45, 7) is 5.45. The number of carbonyl (C=O) groups is 1. The average molecular weight is 359 g/mol. The molecule has 25 heavy (non-hydrogen) atoms. The first-order valence-electron chi connectivity index (χ1n) is 8.72. The highest BCUT2D eigenvalue weighted by atomic mass is 32.1. The highest BCUT2D eigenvalue weighted by Crippen LogP contribution is 2.21. The first kappa shape index (κ1) is 17.9. The maximum absolute atomic E-state index is 12.2. The lowest BCUT2D eigenvalue weighted by Crippen LogP contribution is -2.33. The second kappa shape index (κ2) is 8.45. The number of hydrogen-bond acceptors (Lipinski definition) is 5. The lowest BCUT2D eigenvalue weighted by atomic mass is 10.0. The van der Waals surface area contributed by atoms with Crippen LogP contribution in [0.5, 0.6) is 5.75 Å². The lowest BCUT2D eigenvalue weighted by Gasteiger charge is -2.30. The van der Waals surface area contributed by atoms with E-state index in [-0.39, 0.29) is 5.91 Å². The van der Waals surface area contributed by atoms with E-state index in [9.17, 15) is 4.79 Å². The quantitative estimate of drug-likeness (QED) is 0.857. The highest BCUT2D eigenvalue weighted by Gasteiger charge is 2.17. The number of likely N-dealkylation sites (tertiary alicyclic amines) is 1. The number of anilines is 1. The third-order valence-electron chi connectivity index (χ3n) is 4.45. The Morgan fingerprint density at radius 1 is 1.40 bits per heavy atom. The fourth-order valence-corrected chi connectivity index (χ4v) is 3.91. The summed E-state index contributed by atoms with van der Waals surface area (Å²) in [4.78, 5) is 19.2. The number of piperidine rings is 1. The van der Waals surface area contributed by atoms with Gasteiger partial charge in [-0.2, -0.15) is 0 Å². The first-order chi connectivity index (χ1) is 12.1. The van der Waals surface area contributed by atoms with Crippen LogP contribution in [0.3, 0.4) is 0 Å². The third kappa shape index (κ3) is 5.28. The van der Waals surface area contributed by atoms with Crippen molar-refractivity contribution in [1.29, 1.82) is 0 Å². The molecule has 1 aromatic carbocycles. The van der Waals surface area contributed by atoms with Crippen molar-refractivity contribution < 1.29 is 9.53 Å². The topological polar surface area (TPSA) is 54.5 Å². The number of amides is 1. The molecular formula is C19H25N3O2S. The van der Waals surface area contributed by atoms with E-state index in [1.807, 2.05) is 29.6 Å². The van der Waals surface area contributed by atoms with Crippen LogP contribution in [-0.2, 0) is 17.8 Å². The number of aromatic nitrogens is 1. The second-order valence-corrected chi connectivity index (χ2v) is 7.56. The summed E-state index contributed by atoms with van der Waals surface area (Å²) in [6.07, 6.45) is 2.92. The summed E-state index contributed by atoms with van der Waals surface area (Å²) < 4.78 is 5.13. The van der Waals surface area contributed by atoms with Crippen LogP contribution >= 0.6 is 11.3 Å². The summed E-state index contributed by atoms with van der Waals surface area (Å²) in [5, 5.41) is 5.63. The monoisotopic (exact) mass is 359 g/mol. The van der Waals surface area contributed by atoms with Crippen LogP contribution in [0.2, 0.25) is 0 Å². The summed E-state index contributed by atoms with van der Waals surface area (Å²) in [5.74, 6) is 1.51. The second-order valence-electron chi connectivity index (χ2n) is 6.70. The Morgan fingerprint density at radius 2 is 2.20 bits per heavy atom.